The number of halogens is 1. The molecule has 0 spiro atoms. The van der Waals surface area contributed by atoms with Crippen molar-refractivity contribution in [3.8, 4) is 0 Å². The lowest BCUT2D eigenvalue weighted by Crippen LogP contribution is -2.51. The highest BCUT2D eigenvalue weighted by Crippen LogP contribution is 2.29. The largest absolute Gasteiger partial charge is 0.467 e. The van der Waals surface area contributed by atoms with E-state index in [2.05, 4.69) is 6.58 Å². The molecule has 2 aliphatic rings. The fourth-order valence-electron chi connectivity index (χ4n) is 4.16. The van der Waals surface area contributed by atoms with Gasteiger partial charge in [-0.2, -0.15) is 0 Å². The first-order chi connectivity index (χ1) is 14.8. The molecule has 2 amide bonds. The molecule has 0 saturated carbocycles. The summed E-state index contributed by atoms with van der Waals surface area (Å²) >= 11 is 0. The summed E-state index contributed by atoms with van der Waals surface area (Å²) in [4.78, 5) is 41.0. The van der Waals surface area contributed by atoms with Gasteiger partial charge in [-0.1, -0.05) is 51.1 Å². The van der Waals surface area contributed by atoms with Gasteiger partial charge in [0.05, 0.1) is 26.2 Å². The summed E-state index contributed by atoms with van der Waals surface area (Å²) in [5, 5.41) is 0. The second-order valence-electron chi connectivity index (χ2n) is 8.23. The zero-order valence-corrected chi connectivity index (χ0v) is 19.6. The Morgan fingerprint density at radius 3 is 2.66 bits per heavy atom. The molecule has 0 bridgehead atoms. The molecular weight excluding hydrogens is 434 g/mol. The molecule has 2 aliphatic heterocycles. The molecule has 2 N–H and O–H groups in total. The van der Waals surface area contributed by atoms with E-state index in [1.165, 1.54) is 12.0 Å². The van der Waals surface area contributed by atoms with E-state index in [4.69, 9.17) is 15.2 Å². The van der Waals surface area contributed by atoms with Crippen molar-refractivity contribution in [1.82, 2.24) is 9.80 Å². The van der Waals surface area contributed by atoms with Gasteiger partial charge in [0.1, 0.15) is 12.1 Å². The molecule has 0 unspecified atom stereocenters. The monoisotopic (exact) mass is 465 g/mol. The van der Waals surface area contributed by atoms with Gasteiger partial charge < -0.3 is 20.1 Å². The Labute approximate surface area is 195 Å². The number of carbonyl (C=O) groups is 3. The van der Waals surface area contributed by atoms with Crippen molar-refractivity contribution in [3.05, 3.63) is 41.5 Å². The maximum Gasteiger partial charge on any atom is 0.410 e. The van der Waals surface area contributed by atoms with E-state index in [0.717, 1.165) is 23.1 Å². The summed E-state index contributed by atoms with van der Waals surface area (Å²) in [5.41, 5.74) is 9.22. The minimum absolute atomic E-state index is 0. The van der Waals surface area contributed by atoms with Gasteiger partial charge in [-0.25, -0.2) is 9.59 Å². The first kappa shape index (κ1) is 25.7. The van der Waals surface area contributed by atoms with E-state index in [1.807, 2.05) is 32.0 Å². The quantitative estimate of drug-likeness (QED) is 0.648. The standard InChI is InChI=1S/C23H31N3O5.ClH/c1-5-14(3)20(24)21(27)26-12-17(10-19(26)22(28)30-4)31-23(29)25-11-16-9-7-8-15(6-2)18(16)13-25;/h6-9,14,17,19-20H,2,5,10-13,24H2,1,3-4H3;1H/t14-,17+,19-,20-;/m0./s1. The number of hydrogen-bond acceptors (Lipinski definition) is 6. The predicted molar refractivity (Wildman–Crippen MR) is 123 cm³/mol. The highest BCUT2D eigenvalue weighted by Gasteiger charge is 2.44. The predicted octanol–water partition coefficient (Wildman–Crippen LogP) is 2.72. The smallest absolute Gasteiger partial charge is 0.410 e. The SMILES string of the molecule is C=Cc1cccc2c1CN(C(=O)O[C@@H]1C[C@@H](C(=O)OC)N(C(=O)[C@@H](N)[C@@H](C)CC)C1)C2.Cl. The van der Waals surface area contributed by atoms with Crippen molar-refractivity contribution in [2.45, 2.75) is 58.0 Å². The molecule has 1 aromatic rings. The van der Waals surface area contributed by atoms with E-state index >= 15 is 0 Å². The number of nitrogens with two attached hydrogens (primary N) is 1. The Morgan fingerprint density at radius 2 is 2.03 bits per heavy atom. The third-order valence-electron chi connectivity index (χ3n) is 6.33. The van der Waals surface area contributed by atoms with Crippen LogP contribution >= 0.6 is 12.4 Å². The van der Waals surface area contributed by atoms with E-state index in [0.29, 0.717) is 13.1 Å². The number of rotatable bonds is 6. The van der Waals surface area contributed by atoms with Crippen molar-refractivity contribution >= 4 is 36.5 Å². The van der Waals surface area contributed by atoms with Gasteiger partial charge >= 0.3 is 12.1 Å². The molecule has 1 saturated heterocycles. The molecule has 0 radical (unpaired) electrons. The Bertz CT molecular complexity index is 877. The van der Waals surface area contributed by atoms with Crippen LogP contribution in [0.5, 0.6) is 0 Å². The highest BCUT2D eigenvalue weighted by atomic mass is 35.5. The van der Waals surface area contributed by atoms with Crippen molar-refractivity contribution < 1.29 is 23.9 Å². The number of fused-ring (bicyclic) bond motifs is 1. The molecule has 32 heavy (non-hydrogen) atoms. The van der Waals surface area contributed by atoms with Crippen LogP contribution in [-0.4, -0.2) is 59.6 Å². The van der Waals surface area contributed by atoms with Crippen molar-refractivity contribution in [1.29, 1.82) is 0 Å². The average Bonchev–Trinajstić information content (AvgIpc) is 3.41. The van der Waals surface area contributed by atoms with Gasteiger partial charge in [0, 0.05) is 13.0 Å². The summed E-state index contributed by atoms with van der Waals surface area (Å²) in [7, 11) is 1.28. The van der Waals surface area contributed by atoms with Crippen LogP contribution in [0, 0.1) is 5.92 Å². The van der Waals surface area contributed by atoms with E-state index < -0.39 is 30.3 Å². The summed E-state index contributed by atoms with van der Waals surface area (Å²) in [5.74, 6) is -0.894. The summed E-state index contributed by atoms with van der Waals surface area (Å²) in [6.45, 7) is 8.68. The van der Waals surface area contributed by atoms with Crippen LogP contribution in [0.2, 0.25) is 0 Å². The lowest BCUT2D eigenvalue weighted by Gasteiger charge is -2.27. The topological polar surface area (TPSA) is 102 Å². The Balaban J connectivity index is 0.00000363. The second kappa shape index (κ2) is 10.8. The Kier molecular flexibility index (Phi) is 8.69. The third-order valence-corrected chi connectivity index (χ3v) is 6.33. The minimum atomic E-state index is -0.812. The molecule has 4 atom stereocenters. The number of esters is 1. The zero-order chi connectivity index (χ0) is 22.7. The average molecular weight is 466 g/mol. The van der Waals surface area contributed by atoms with Gasteiger partial charge in [0.15, 0.2) is 0 Å². The molecule has 9 heteroatoms. The van der Waals surface area contributed by atoms with E-state index in [1.54, 1.807) is 11.0 Å². The summed E-state index contributed by atoms with van der Waals surface area (Å²) < 4.78 is 10.6. The van der Waals surface area contributed by atoms with Crippen molar-refractivity contribution in [2.75, 3.05) is 13.7 Å². The Hall–Kier alpha value is -2.58. The first-order valence-corrected chi connectivity index (χ1v) is 10.6. The summed E-state index contributed by atoms with van der Waals surface area (Å²) in [6.07, 6.45) is 1.63. The maximum atomic E-state index is 12.9. The van der Waals surface area contributed by atoms with Crippen LogP contribution in [0.15, 0.2) is 24.8 Å². The molecule has 1 fully saturated rings. The molecule has 8 nitrogen and oxygen atoms in total. The van der Waals surface area contributed by atoms with E-state index in [-0.39, 0.29) is 37.2 Å². The van der Waals surface area contributed by atoms with Crippen molar-refractivity contribution in [3.63, 3.8) is 0 Å². The van der Waals surface area contributed by atoms with Gasteiger partial charge in [-0.05, 0) is 22.6 Å². The molecule has 2 heterocycles. The summed E-state index contributed by atoms with van der Waals surface area (Å²) in [6, 6.07) is 4.34. The lowest BCUT2D eigenvalue weighted by atomic mass is 9.98. The molecule has 3 rings (SSSR count). The highest BCUT2D eigenvalue weighted by molar-refractivity contribution is 5.88. The molecule has 176 valence electrons. The fraction of sp³-hybridized carbons (Fsp3) is 0.522. The minimum Gasteiger partial charge on any atom is -0.467 e. The number of benzene rings is 1. The molecular formula is C23H32ClN3O5. The van der Waals surface area contributed by atoms with Crippen LogP contribution in [0.1, 0.15) is 43.4 Å². The van der Waals surface area contributed by atoms with Gasteiger partial charge in [-0.3, -0.25) is 9.69 Å². The molecule has 0 aromatic heterocycles. The van der Waals surface area contributed by atoms with Crippen LogP contribution in [0.3, 0.4) is 0 Å². The third kappa shape index (κ3) is 5.07. The van der Waals surface area contributed by atoms with E-state index in [9.17, 15) is 14.4 Å². The van der Waals surface area contributed by atoms with Crippen LogP contribution in [0.4, 0.5) is 4.79 Å². The normalized spacial score (nSPS) is 21.2. The van der Waals surface area contributed by atoms with Gasteiger partial charge in [0.2, 0.25) is 5.91 Å². The van der Waals surface area contributed by atoms with Gasteiger partial charge in [-0.15, -0.1) is 12.4 Å². The second-order valence-corrected chi connectivity index (χ2v) is 8.23. The first-order valence-electron chi connectivity index (χ1n) is 10.6. The van der Waals surface area contributed by atoms with Crippen LogP contribution < -0.4 is 5.73 Å². The van der Waals surface area contributed by atoms with Crippen molar-refractivity contribution in [2.24, 2.45) is 11.7 Å². The molecule has 1 aromatic carbocycles. The number of hydrogen-bond donors (Lipinski definition) is 1. The number of nitrogens with zero attached hydrogens (tertiary/aromatic N) is 2. The maximum absolute atomic E-state index is 12.9. The fourth-order valence-corrected chi connectivity index (χ4v) is 4.16. The number of carbonyl (C=O) groups excluding carboxylic acids is 3. The number of amides is 2. The Morgan fingerprint density at radius 1 is 1.31 bits per heavy atom. The number of likely N-dealkylation sites (tertiary alicyclic amines) is 1. The number of methoxy groups -OCH3 is 1. The lowest BCUT2D eigenvalue weighted by molar-refractivity contribution is -0.151. The zero-order valence-electron chi connectivity index (χ0n) is 18.8. The van der Waals surface area contributed by atoms with Crippen LogP contribution in [0.25, 0.3) is 6.08 Å². The van der Waals surface area contributed by atoms with Gasteiger partial charge in [0.25, 0.3) is 0 Å². The number of ether oxygens (including phenoxy) is 2. The van der Waals surface area contributed by atoms with Crippen LogP contribution in [-0.2, 0) is 32.2 Å². The molecule has 0 aliphatic carbocycles.